The minimum Gasteiger partial charge on any atom is -0.489 e. The SMILES string of the molecule is Cc1csc2nc(NC(=O)/C=C/c3ccc(OCc4ccccc4)cc3)nn12. The van der Waals surface area contributed by atoms with Crippen LogP contribution in [-0.4, -0.2) is 20.5 Å². The first kappa shape index (κ1) is 17.9. The monoisotopic (exact) mass is 390 g/mol. The molecule has 4 rings (SSSR count). The van der Waals surface area contributed by atoms with Gasteiger partial charge in [0, 0.05) is 11.5 Å². The highest BCUT2D eigenvalue weighted by Crippen LogP contribution is 2.16. The Balaban J connectivity index is 1.32. The molecule has 0 fully saturated rings. The fourth-order valence-corrected chi connectivity index (χ4v) is 3.38. The van der Waals surface area contributed by atoms with Crippen molar-refractivity contribution < 1.29 is 9.53 Å². The molecule has 1 amide bonds. The summed E-state index contributed by atoms with van der Waals surface area (Å²) in [5.41, 5.74) is 3.00. The zero-order valence-electron chi connectivity index (χ0n) is 15.2. The Hall–Kier alpha value is -3.45. The van der Waals surface area contributed by atoms with Crippen LogP contribution in [0.15, 0.2) is 66.1 Å². The fraction of sp³-hybridized carbons (Fsp3) is 0.0952. The molecule has 0 aliphatic heterocycles. The van der Waals surface area contributed by atoms with Crippen LogP contribution in [0.25, 0.3) is 11.0 Å². The van der Waals surface area contributed by atoms with Crippen LogP contribution in [-0.2, 0) is 11.4 Å². The van der Waals surface area contributed by atoms with Crippen molar-refractivity contribution in [2.75, 3.05) is 5.32 Å². The number of aryl methyl sites for hydroxylation is 1. The summed E-state index contributed by atoms with van der Waals surface area (Å²) in [5, 5.41) is 8.90. The molecule has 0 saturated carbocycles. The summed E-state index contributed by atoms with van der Waals surface area (Å²) in [5.74, 6) is 0.803. The van der Waals surface area contributed by atoms with Crippen LogP contribution in [0.1, 0.15) is 16.8 Å². The highest BCUT2D eigenvalue weighted by Gasteiger charge is 2.08. The van der Waals surface area contributed by atoms with Gasteiger partial charge in [-0.2, -0.15) is 4.98 Å². The number of aromatic nitrogens is 3. The van der Waals surface area contributed by atoms with Gasteiger partial charge < -0.3 is 4.74 Å². The summed E-state index contributed by atoms with van der Waals surface area (Å²) in [6.07, 6.45) is 3.20. The van der Waals surface area contributed by atoms with Crippen molar-refractivity contribution in [2.24, 2.45) is 0 Å². The maximum absolute atomic E-state index is 12.1. The van der Waals surface area contributed by atoms with E-state index in [1.165, 1.54) is 17.4 Å². The third-order valence-electron chi connectivity index (χ3n) is 4.04. The second kappa shape index (κ2) is 8.06. The lowest BCUT2D eigenvalue weighted by Gasteiger charge is -2.06. The molecule has 2 aromatic heterocycles. The molecule has 0 aliphatic rings. The number of anilines is 1. The van der Waals surface area contributed by atoms with E-state index in [4.69, 9.17) is 4.74 Å². The third-order valence-corrected chi connectivity index (χ3v) is 4.97. The van der Waals surface area contributed by atoms with Gasteiger partial charge in [-0.3, -0.25) is 10.1 Å². The van der Waals surface area contributed by atoms with Gasteiger partial charge in [-0.25, -0.2) is 4.52 Å². The number of carbonyl (C=O) groups is 1. The predicted octanol–water partition coefficient (Wildman–Crippen LogP) is 4.33. The lowest BCUT2D eigenvalue weighted by Crippen LogP contribution is -2.09. The van der Waals surface area contributed by atoms with Gasteiger partial charge >= 0.3 is 0 Å². The summed E-state index contributed by atoms with van der Waals surface area (Å²) in [7, 11) is 0. The standard InChI is InChI=1S/C21H18N4O2S/c1-15-14-28-21-23-20(24-25(15)21)22-19(26)12-9-16-7-10-18(11-8-16)27-13-17-5-3-2-4-6-17/h2-12,14H,13H2,1H3,(H,22,24,26)/b12-9+. The second-order valence-corrected chi connectivity index (χ2v) is 7.01. The highest BCUT2D eigenvalue weighted by atomic mass is 32.1. The van der Waals surface area contributed by atoms with Gasteiger partial charge in [0.05, 0.1) is 5.69 Å². The molecule has 2 heterocycles. The first-order valence-electron chi connectivity index (χ1n) is 8.74. The van der Waals surface area contributed by atoms with E-state index in [2.05, 4.69) is 15.4 Å². The number of thiazole rings is 1. The van der Waals surface area contributed by atoms with Crippen LogP contribution >= 0.6 is 11.3 Å². The Morgan fingerprint density at radius 1 is 1.18 bits per heavy atom. The number of rotatable bonds is 6. The summed E-state index contributed by atoms with van der Waals surface area (Å²) in [6, 6.07) is 17.6. The summed E-state index contributed by atoms with van der Waals surface area (Å²) in [6.45, 7) is 2.46. The smallest absolute Gasteiger partial charge is 0.250 e. The molecule has 0 saturated heterocycles. The Morgan fingerprint density at radius 2 is 1.96 bits per heavy atom. The summed E-state index contributed by atoms with van der Waals surface area (Å²) in [4.78, 5) is 17.1. The lowest BCUT2D eigenvalue weighted by atomic mass is 10.2. The number of hydrogen-bond donors (Lipinski definition) is 1. The maximum Gasteiger partial charge on any atom is 0.250 e. The largest absolute Gasteiger partial charge is 0.489 e. The average Bonchev–Trinajstić information content (AvgIpc) is 3.27. The number of hydrogen-bond acceptors (Lipinski definition) is 5. The van der Waals surface area contributed by atoms with E-state index in [-0.39, 0.29) is 5.91 Å². The Kier molecular flexibility index (Phi) is 5.16. The Bertz CT molecular complexity index is 1110. The van der Waals surface area contributed by atoms with Gasteiger partial charge in [-0.05, 0) is 36.3 Å². The van der Waals surface area contributed by atoms with Gasteiger partial charge in [0.15, 0.2) is 0 Å². The molecular weight excluding hydrogens is 372 g/mol. The average molecular weight is 390 g/mol. The lowest BCUT2D eigenvalue weighted by molar-refractivity contribution is -0.111. The molecule has 0 bridgehead atoms. The van der Waals surface area contributed by atoms with E-state index >= 15 is 0 Å². The van der Waals surface area contributed by atoms with E-state index in [9.17, 15) is 4.79 Å². The summed E-state index contributed by atoms with van der Waals surface area (Å²) >= 11 is 1.48. The van der Waals surface area contributed by atoms with Crippen LogP contribution in [0.5, 0.6) is 5.75 Å². The van der Waals surface area contributed by atoms with Gasteiger partial charge in [0.2, 0.25) is 4.96 Å². The van der Waals surface area contributed by atoms with E-state index in [1.54, 1.807) is 10.6 Å². The van der Waals surface area contributed by atoms with E-state index in [0.29, 0.717) is 12.6 Å². The van der Waals surface area contributed by atoms with Crippen molar-refractivity contribution in [3.63, 3.8) is 0 Å². The normalized spacial score (nSPS) is 11.2. The van der Waals surface area contributed by atoms with E-state index < -0.39 is 0 Å². The molecule has 0 unspecified atom stereocenters. The molecule has 0 atom stereocenters. The topological polar surface area (TPSA) is 68.5 Å². The van der Waals surface area contributed by atoms with Gasteiger partial charge in [-0.1, -0.05) is 42.5 Å². The highest BCUT2D eigenvalue weighted by molar-refractivity contribution is 7.15. The first-order chi connectivity index (χ1) is 13.7. The van der Waals surface area contributed by atoms with Crippen LogP contribution in [0.4, 0.5) is 5.95 Å². The quantitative estimate of drug-likeness (QED) is 0.498. The number of nitrogens with one attached hydrogen (secondary N) is 1. The molecule has 140 valence electrons. The van der Waals surface area contributed by atoms with E-state index in [1.807, 2.05) is 66.9 Å². The maximum atomic E-state index is 12.1. The zero-order valence-corrected chi connectivity index (χ0v) is 16.0. The van der Waals surface area contributed by atoms with E-state index in [0.717, 1.165) is 27.5 Å². The number of fused-ring (bicyclic) bond motifs is 1. The van der Waals surface area contributed by atoms with Gasteiger partial charge in [0.1, 0.15) is 12.4 Å². The van der Waals surface area contributed by atoms with Crippen molar-refractivity contribution in [2.45, 2.75) is 13.5 Å². The molecule has 1 N–H and O–H groups in total. The van der Waals surface area contributed by atoms with Crippen LogP contribution in [0, 0.1) is 6.92 Å². The summed E-state index contributed by atoms with van der Waals surface area (Å²) < 4.78 is 7.47. The van der Waals surface area contributed by atoms with Gasteiger partial charge in [0.25, 0.3) is 11.9 Å². The molecular formula is C21H18N4O2S. The number of nitrogens with zero attached hydrogens (tertiary/aromatic N) is 3. The molecule has 7 heteroatoms. The number of ether oxygens (including phenoxy) is 1. The van der Waals surface area contributed by atoms with Gasteiger partial charge in [-0.15, -0.1) is 16.4 Å². The fourth-order valence-electron chi connectivity index (χ4n) is 2.58. The van der Waals surface area contributed by atoms with Crippen molar-refractivity contribution in [3.05, 3.63) is 82.9 Å². The minimum absolute atomic E-state index is 0.277. The van der Waals surface area contributed by atoms with Crippen LogP contribution in [0.3, 0.4) is 0 Å². The second-order valence-electron chi connectivity index (χ2n) is 6.17. The molecule has 2 aromatic carbocycles. The van der Waals surface area contributed by atoms with Crippen LogP contribution < -0.4 is 10.1 Å². The van der Waals surface area contributed by atoms with Crippen molar-refractivity contribution in [1.29, 1.82) is 0 Å². The van der Waals surface area contributed by atoms with Crippen LogP contribution in [0.2, 0.25) is 0 Å². The Labute approximate surface area is 166 Å². The molecule has 0 aliphatic carbocycles. The van der Waals surface area contributed by atoms with Crippen molar-refractivity contribution in [3.8, 4) is 5.75 Å². The number of amides is 1. The minimum atomic E-state index is -0.277. The zero-order chi connectivity index (χ0) is 19.3. The van der Waals surface area contributed by atoms with Crippen molar-refractivity contribution in [1.82, 2.24) is 14.6 Å². The number of benzene rings is 2. The Morgan fingerprint density at radius 3 is 2.71 bits per heavy atom. The molecule has 28 heavy (non-hydrogen) atoms. The molecule has 0 spiro atoms. The molecule has 6 nitrogen and oxygen atoms in total. The van der Waals surface area contributed by atoms with Crippen molar-refractivity contribution >= 4 is 34.2 Å². The first-order valence-corrected chi connectivity index (χ1v) is 9.62. The number of carbonyl (C=O) groups excluding carboxylic acids is 1. The predicted molar refractivity (Wildman–Crippen MR) is 110 cm³/mol. The molecule has 4 aromatic rings. The molecule has 0 radical (unpaired) electrons. The third kappa shape index (κ3) is 4.27.